The first-order chi connectivity index (χ1) is 15.6. The number of rotatable bonds is 7. The van der Waals surface area contributed by atoms with Crippen molar-refractivity contribution in [3.8, 4) is 5.75 Å². The van der Waals surface area contributed by atoms with Gasteiger partial charge in [0.1, 0.15) is 11.6 Å². The number of hydrogen-bond donors (Lipinski definition) is 3. The van der Waals surface area contributed by atoms with Gasteiger partial charge in [-0.2, -0.15) is 0 Å². The van der Waals surface area contributed by atoms with E-state index in [1.165, 1.54) is 0 Å². The van der Waals surface area contributed by atoms with E-state index in [0.29, 0.717) is 24.3 Å². The fourth-order valence-corrected chi connectivity index (χ4v) is 3.99. The van der Waals surface area contributed by atoms with Crippen LogP contribution in [0.15, 0.2) is 47.6 Å². The van der Waals surface area contributed by atoms with Crippen molar-refractivity contribution in [1.29, 1.82) is 0 Å². The first-order valence-electron chi connectivity index (χ1n) is 10.9. The van der Waals surface area contributed by atoms with E-state index in [9.17, 15) is 0 Å². The monoisotopic (exact) mass is 431 g/mol. The van der Waals surface area contributed by atoms with E-state index in [2.05, 4.69) is 15.3 Å². The Labute approximate surface area is 187 Å². The fraction of sp³-hybridized carbons (Fsp3) is 0.333. The van der Waals surface area contributed by atoms with Gasteiger partial charge in [0.05, 0.1) is 18.3 Å². The van der Waals surface area contributed by atoms with Crippen molar-refractivity contribution in [3.63, 3.8) is 0 Å². The Morgan fingerprint density at radius 2 is 1.97 bits per heavy atom. The zero-order chi connectivity index (χ0) is 22.3. The Morgan fingerprint density at radius 1 is 1.12 bits per heavy atom. The van der Waals surface area contributed by atoms with Crippen LogP contribution in [0.5, 0.6) is 5.75 Å². The summed E-state index contributed by atoms with van der Waals surface area (Å²) in [6.07, 6.45) is 9.81. The second kappa shape index (κ2) is 10.1. The Balaban J connectivity index is 1.56. The van der Waals surface area contributed by atoms with Crippen LogP contribution < -0.4 is 21.5 Å². The van der Waals surface area contributed by atoms with Crippen LogP contribution in [0.2, 0.25) is 0 Å². The average Bonchev–Trinajstić information content (AvgIpc) is 2.82. The first kappa shape index (κ1) is 21.5. The molecule has 1 saturated carbocycles. The van der Waals surface area contributed by atoms with E-state index in [1.807, 2.05) is 48.6 Å². The Morgan fingerprint density at radius 3 is 2.69 bits per heavy atom. The number of nitrogens with zero attached hydrogens (tertiary/aromatic N) is 4. The van der Waals surface area contributed by atoms with Gasteiger partial charge in [0.15, 0.2) is 11.8 Å². The van der Waals surface area contributed by atoms with E-state index in [-0.39, 0.29) is 5.96 Å². The predicted molar refractivity (Wildman–Crippen MR) is 129 cm³/mol. The molecule has 1 aliphatic rings. The lowest BCUT2D eigenvalue weighted by atomic mass is 9.86. The topological polar surface area (TPSA) is 124 Å². The highest BCUT2D eigenvalue weighted by atomic mass is 16.5. The van der Waals surface area contributed by atoms with E-state index < -0.39 is 0 Å². The molecule has 32 heavy (non-hydrogen) atoms. The van der Waals surface area contributed by atoms with Crippen molar-refractivity contribution in [2.45, 2.75) is 31.7 Å². The Kier molecular flexibility index (Phi) is 6.79. The normalized spacial score (nSPS) is 18.5. The summed E-state index contributed by atoms with van der Waals surface area (Å²) in [7, 11) is 1.66. The van der Waals surface area contributed by atoms with Gasteiger partial charge in [0.25, 0.3) is 0 Å². The van der Waals surface area contributed by atoms with Crippen molar-refractivity contribution < 1.29 is 4.74 Å². The van der Waals surface area contributed by atoms with Gasteiger partial charge >= 0.3 is 0 Å². The van der Waals surface area contributed by atoms with E-state index >= 15 is 0 Å². The minimum atomic E-state index is 0.165. The van der Waals surface area contributed by atoms with Crippen molar-refractivity contribution in [2.24, 2.45) is 22.4 Å². The molecule has 0 atom stereocenters. The summed E-state index contributed by atoms with van der Waals surface area (Å²) in [5.74, 6) is 2.92. The number of nitrogens with two attached hydrogens (primary N) is 2. The number of anilines is 1. The van der Waals surface area contributed by atoms with Crippen molar-refractivity contribution in [1.82, 2.24) is 15.0 Å². The van der Waals surface area contributed by atoms with Gasteiger partial charge in [-0.15, -0.1) is 0 Å². The van der Waals surface area contributed by atoms with Crippen LogP contribution in [0.3, 0.4) is 0 Å². The molecule has 1 aliphatic carbocycles. The minimum Gasteiger partial charge on any atom is -0.497 e. The molecular weight excluding hydrogens is 402 g/mol. The summed E-state index contributed by atoms with van der Waals surface area (Å²) >= 11 is 0. The number of aliphatic imine (C=N–C) groups is 1. The zero-order valence-electron chi connectivity index (χ0n) is 18.2. The van der Waals surface area contributed by atoms with Gasteiger partial charge < -0.3 is 21.5 Å². The molecule has 2 aromatic heterocycles. The number of benzene rings is 1. The highest BCUT2D eigenvalue weighted by Gasteiger charge is 2.22. The second-order valence-corrected chi connectivity index (χ2v) is 8.03. The molecule has 0 amide bonds. The van der Waals surface area contributed by atoms with Crippen molar-refractivity contribution in [3.05, 3.63) is 54.1 Å². The first-order valence-corrected chi connectivity index (χ1v) is 10.9. The summed E-state index contributed by atoms with van der Waals surface area (Å²) in [6, 6.07) is 12.0. The van der Waals surface area contributed by atoms with E-state index in [0.717, 1.165) is 53.8 Å². The molecular formula is C24H29N7O. The largest absolute Gasteiger partial charge is 0.497 e. The van der Waals surface area contributed by atoms with Gasteiger partial charge in [0, 0.05) is 24.2 Å². The fourth-order valence-electron chi connectivity index (χ4n) is 3.99. The maximum Gasteiger partial charge on any atom is 0.185 e. The SMILES string of the molecule is COc1ccc2nc(C=Cc3ccccn3)nc(NC3CCC(CN=C(N)N)CC3)c2c1. The van der Waals surface area contributed by atoms with Gasteiger partial charge in [-0.25, -0.2) is 9.97 Å². The predicted octanol–water partition coefficient (Wildman–Crippen LogP) is 3.45. The molecule has 8 heteroatoms. The lowest BCUT2D eigenvalue weighted by Gasteiger charge is -2.29. The Bertz CT molecular complexity index is 1100. The summed E-state index contributed by atoms with van der Waals surface area (Å²) < 4.78 is 5.42. The van der Waals surface area contributed by atoms with Crippen LogP contribution in [-0.4, -0.2) is 40.6 Å². The van der Waals surface area contributed by atoms with Crippen molar-refractivity contribution in [2.75, 3.05) is 19.0 Å². The number of nitrogens with one attached hydrogen (secondary N) is 1. The summed E-state index contributed by atoms with van der Waals surface area (Å²) in [5, 5.41) is 4.60. The zero-order valence-corrected chi connectivity index (χ0v) is 18.2. The van der Waals surface area contributed by atoms with Gasteiger partial charge in [-0.3, -0.25) is 9.98 Å². The van der Waals surface area contributed by atoms with Crippen LogP contribution in [0.25, 0.3) is 23.1 Å². The number of pyridine rings is 1. The van der Waals surface area contributed by atoms with E-state index in [1.54, 1.807) is 13.3 Å². The van der Waals surface area contributed by atoms with Crippen LogP contribution in [0.4, 0.5) is 5.82 Å². The highest BCUT2D eigenvalue weighted by molar-refractivity contribution is 5.91. The third-order valence-electron chi connectivity index (χ3n) is 5.73. The number of guanidine groups is 1. The molecule has 2 heterocycles. The lowest BCUT2D eigenvalue weighted by molar-refractivity contribution is 0.345. The highest BCUT2D eigenvalue weighted by Crippen LogP contribution is 2.30. The molecule has 0 spiro atoms. The number of hydrogen-bond acceptors (Lipinski definition) is 6. The number of fused-ring (bicyclic) bond motifs is 1. The Hall–Kier alpha value is -3.68. The quantitative estimate of drug-likeness (QED) is 0.386. The molecule has 0 radical (unpaired) electrons. The van der Waals surface area contributed by atoms with Crippen LogP contribution >= 0.6 is 0 Å². The molecule has 0 aliphatic heterocycles. The number of aromatic nitrogens is 3. The van der Waals surface area contributed by atoms with E-state index in [4.69, 9.17) is 26.2 Å². The van der Waals surface area contributed by atoms with Crippen LogP contribution in [-0.2, 0) is 0 Å². The molecule has 0 unspecified atom stereocenters. The molecule has 4 rings (SSSR count). The molecule has 1 aromatic carbocycles. The van der Waals surface area contributed by atoms with Gasteiger partial charge in [-0.1, -0.05) is 6.07 Å². The maximum atomic E-state index is 5.47. The molecule has 3 aromatic rings. The van der Waals surface area contributed by atoms with Crippen molar-refractivity contribution >= 4 is 34.8 Å². The summed E-state index contributed by atoms with van der Waals surface area (Å²) in [6.45, 7) is 0.700. The summed E-state index contributed by atoms with van der Waals surface area (Å²) in [4.78, 5) is 18.0. The number of ether oxygens (including phenoxy) is 1. The summed E-state index contributed by atoms with van der Waals surface area (Å²) in [5.41, 5.74) is 12.7. The lowest BCUT2D eigenvalue weighted by Crippen LogP contribution is -2.29. The van der Waals surface area contributed by atoms with Crippen LogP contribution in [0.1, 0.15) is 37.2 Å². The molecule has 0 saturated heterocycles. The molecule has 1 fully saturated rings. The standard InChI is InChI=1S/C24H29N7O/c1-32-19-10-11-21-20(14-19)23(29-18-7-5-16(6-8-18)15-28-24(25)26)31-22(30-21)12-9-17-4-2-3-13-27-17/h2-4,9-14,16,18H,5-8,15H2,1H3,(H4,25,26,28)(H,29,30,31). The molecule has 166 valence electrons. The minimum absolute atomic E-state index is 0.165. The molecule has 5 N–H and O–H groups in total. The average molecular weight is 432 g/mol. The van der Waals surface area contributed by atoms with Crippen LogP contribution in [0, 0.1) is 5.92 Å². The number of methoxy groups -OCH3 is 1. The molecule has 0 bridgehead atoms. The third-order valence-corrected chi connectivity index (χ3v) is 5.73. The maximum absolute atomic E-state index is 5.47. The van der Waals surface area contributed by atoms with Gasteiger partial charge in [-0.05, 0) is 74.1 Å². The third kappa shape index (κ3) is 5.51. The molecule has 8 nitrogen and oxygen atoms in total. The van der Waals surface area contributed by atoms with Gasteiger partial charge in [0.2, 0.25) is 0 Å². The smallest absolute Gasteiger partial charge is 0.185 e. The second-order valence-electron chi connectivity index (χ2n) is 8.03.